The highest BCUT2D eigenvalue weighted by Crippen LogP contribution is 2.44. The fourth-order valence-electron chi connectivity index (χ4n) is 3.51. The first-order valence-electron chi connectivity index (χ1n) is 7.61. The Balaban J connectivity index is 2.18. The summed E-state index contributed by atoms with van der Waals surface area (Å²) in [6.07, 6.45) is 4.77. The first-order chi connectivity index (χ1) is 10.9. The fourth-order valence-corrected chi connectivity index (χ4v) is 3.51. The van der Waals surface area contributed by atoms with Crippen LogP contribution < -0.4 is 0 Å². The lowest BCUT2D eigenvalue weighted by Gasteiger charge is -2.31. The number of aliphatic carboxylic acids is 1. The van der Waals surface area contributed by atoms with E-state index in [0.717, 1.165) is 47.1 Å². The van der Waals surface area contributed by atoms with Gasteiger partial charge in [-0.25, -0.2) is 9.59 Å². The number of carboxylic acid groups (broad SMARTS) is 2. The van der Waals surface area contributed by atoms with E-state index < -0.39 is 11.9 Å². The Hall–Kier alpha value is -2.62. The zero-order valence-corrected chi connectivity index (χ0v) is 13.0. The van der Waals surface area contributed by atoms with Gasteiger partial charge in [0.1, 0.15) is 0 Å². The van der Waals surface area contributed by atoms with Gasteiger partial charge in [-0.2, -0.15) is 0 Å². The maximum Gasteiger partial charge on any atom is 0.335 e. The van der Waals surface area contributed by atoms with E-state index in [9.17, 15) is 14.7 Å². The first kappa shape index (κ1) is 15.3. The zero-order valence-electron chi connectivity index (χ0n) is 13.0. The third kappa shape index (κ3) is 2.61. The van der Waals surface area contributed by atoms with Crippen LogP contribution in [0.1, 0.15) is 46.8 Å². The van der Waals surface area contributed by atoms with Crippen LogP contribution in [0, 0.1) is 0 Å². The third-order valence-electron chi connectivity index (χ3n) is 4.60. The summed E-state index contributed by atoms with van der Waals surface area (Å²) in [7, 11) is 0. The van der Waals surface area contributed by atoms with Crippen molar-refractivity contribution < 1.29 is 19.8 Å². The Morgan fingerprint density at radius 2 is 1.70 bits per heavy atom. The molecule has 0 unspecified atom stereocenters. The molecule has 0 heterocycles. The van der Waals surface area contributed by atoms with Crippen molar-refractivity contribution in [3.63, 3.8) is 0 Å². The molecular weight excluding hydrogens is 292 g/mol. The van der Waals surface area contributed by atoms with Gasteiger partial charge in [-0.1, -0.05) is 12.2 Å². The molecule has 0 saturated carbocycles. The molecule has 0 atom stereocenters. The average molecular weight is 310 g/mol. The molecule has 3 rings (SSSR count). The maximum atomic E-state index is 11.3. The quantitative estimate of drug-likeness (QED) is 0.836. The normalized spacial score (nSPS) is 17.9. The van der Waals surface area contributed by atoms with E-state index in [4.69, 9.17) is 5.11 Å². The second-order valence-corrected chi connectivity index (χ2v) is 6.13. The van der Waals surface area contributed by atoms with Crippen molar-refractivity contribution in [1.82, 2.24) is 0 Å². The van der Waals surface area contributed by atoms with Crippen molar-refractivity contribution in [3.05, 3.63) is 63.8 Å². The van der Waals surface area contributed by atoms with Crippen LogP contribution in [0.5, 0.6) is 0 Å². The van der Waals surface area contributed by atoms with Gasteiger partial charge in [0.05, 0.1) is 11.1 Å². The molecule has 0 aromatic heterocycles. The molecule has 0 bridgehead atoms. The van der Waals surface area contributed by atoms with Gasteiger partial charge in [-0.15, -0.1) is 0 Å². The summed E-state index contributed by atoms with van der Waals surface area (Å²) >= 11 is 0. The number of carboxylic acids is 2. The lowest BCUT2D eigenvalue weighted by Crippen LogP contribution is -2.16. The monoisotopic (exact) mass is 310 g/mol. The van der Waals surface area contributed by atoms with E-state index in [-0.39, 0.29) is 5.57 Å². The highest BCUT2D eigenvalue weighted by atomic mass is 16.4. The lowest BCUT2D eigenvalue weighted by atomic mass is 9.73. The van der Waals surface area contributed by atoms with Gasteiger partial charge in [0.2, 0.25) is 0 Å². The van der Waals surface area contributed by atoms with Crippen LogP contribution in [0.4, 0.5) is 0 Å². The standard InChI is InChI=1S/C19H18O4/c1-10-3-4-13-8-15(19(22)23)9-14-6-5-12(16(10)17(13)14)7-11(2)18(20)21/h7-9H,2-6H2,1H3,(H,20,21)(H,22,23)/b12-7-. The molecule has 0 amide bonds. The van der Waals surface area contributed by atoms with Crippen LogP contribution in [0.2, 0.25) is 0 Å². The van der Waals surface area contributed by atoms with Gasteiger partial charge in [-0.05, 0) is 78.7 Å². The highest BCUT2D eigenvalue weighted by Gasteiger charge is 2.28. The lowest BCUT2D eigenvalue weighted by molar-refractivity contribution is -0.132. The number of rotatable bonds is 3. The highest BCUT2D eigenvalue weighted by molar-refractivity contribution is 5.95. The van der Waals surface area contributed by atoms with Crippen LogP contribution in [0.25, 0.3) is 5.57 Å². The van der Waals surface area contributed by atoms with Crippen molar-refractivity contribution in [2.75, 3.05) is 0 Å². The number of carbonyl (C=O) groups is 2. The number of hydrogen-bond acceptors (Lipinski definition) is 2. The Labute approximate surface area is 134 Å². The SMILES string of the molecule is C=C(/C=C1/CCc2cc(C(=O)O)cc3c2C1=C(C)CC3)C(=O)O. The smallest absolute Gasteiger partial charge is 0.335 e. The zero-order chi connectivity index (χ0) is 16.7. The van der Waals surface area contributed by atoms with Crippen molar-refractivity contribution in [2.24, 2.45) is 0 Å². The number of aromatic carboxylic acids is 1. The molecule has 0 fully saturated rings. The van der Waals surface area contributed by atoms with E-state index in [0.29, 0.717) is 12.0 Å². The minimum Gasteiger partial charge on any atom is -0.478 e. The summed E-state index contributed by atoms with van der Waals surface area (Å²) in [6.45, 7) is 5.66. The minimum atomic E-state index is -1.01. The Morgan fingerprint density at radius 3 is 2.26 bits per heavy atom. The van der Waals surface area contributed by atoms with Crippen molar-refractivity contribution in [3.8, 4) is 0 Å². The van der Waals surface area contributed by atoms with Crippen LogP contribution in [0.15, 0.2) is 41.5 Å². The van der Waals surface area contributed by atoms with Crippen molar-refractivity contribution in [1.29, 1.82) is 0 Å². The number of hydrogen-bond donors (Lipinski definition) is 2. The van der Waals surface area contributed by atoms with Crippen molar-refractivity contribution >= 4 is 17.5 Å². The molecule has 0 saturated heterocycles. The summed E-state index contributed by atoms with van der Waals surface area (Å²) in [5.74, 6) is -1.92. The Kier molecular flexibility index (Phi) is 3.68. The van der Waals surface area contributed by atoms with Gasteiger partial charge in [0.25, 0.3) is 0 Å². The molecule has 4 nitrogen and oxygen atoms in total. The summed E-state index contributed by atoms with van der Waals surface area (Å²) in [6, 6.07) is 3.51. The molecule has 1 aromatic rings. The molecular formula is C19H18O4. The molecule has 1 aromatic carbocycles. The van der Waals surface area contributed by atoms with Gasteiger partial charge < -0.3 is 10.2 Å². The van der Waals surface area contributed by atoms with Gasteiger partial charge >= 0.3 is 11.9 Å². The van der Waals surface area contributed by atoms with Gasteiger partial charge in [-0.3, -0.25) is 0 Å². The fraction of sp³-hybridized carbons (Fsp3) is 0.263. The van der Waals surface area contributed by atoms with Crippen LogP contribution in [-0.4, -0.2) is 22.2 Å². The largest absolute Gasteiger partial charge is 0.478 e. The average Bonchev–Trinajstić information content (AvgIpc) is 2.51. The summed E-state index contributed by atoms with van der Waals surface area (Å²) in [4.78, 5) is 22.4. The van der Waals surface area contributed by atoms with Gasteiger partial charge in [0, 0.05) is 0 Å². The van der Waals surface area contributed by atoms with Crippen LogP contribution >= 0.6 is 0 Å². The van der Waals surface area contributed by atoms with E-state index >= 15 is 0 Å². The summed E-state index contributed by atoms with van der Waals surface area (Å²) in [5, 5.41) is 18.3. The van der Waals surface area contributed by atoms with Crippen LogP contribution in [-0.2, 0) is 17.6 Å². The summed E-state index contributed by atoms with van der Waals surface area (Å²) < 4.78 is 0. The Morgan fingerprint density at radius 1 is 1.09 bits per heavy atom. The summed E-state index contributed by atoms with van der Waals surface area (Å²) in [5.41, 5.74) is 6.93. The van der Waals surface area contributed by atoms with Crippen molar-refractivity contribution in [2.45, 2.75) is 32.6 Å². The minimum absolute atomic E-state index is 0.0815. The maximum absolute atomic E-state index is 11.3. The molecule has 4 heteroatoms. The van der Waals surface area contributed by atoms with Crippen LogP contribution in [0.3, 0.4) is 0 Å². The molecule has 2 aliphatic rings. The van der Waals surface area contributed by atoms with Gasteiger partial charge in [0.15, 0.2) is 0 Å². The number of allylic oxidation sites excluding steroid dienone is 3. The molecule has 2 aliphatic carbocycles. The Bertz CT molecular complexity index is 809. The number of benzene rings is 1. The second kappa shape index (κ2) is 5.54. The second-order valence-electron chi connectivity index (χ2n) is 6.13. The molecule has 23 heavy (non-hydrogen) atoms. The van der Waals surface area contributed by atoms with E-state index in [2.05, 4.69) is 13.5 Å². The molecule has 0 radical (unpaired) electrons. The van der Waals surface area contributed by atoms with E-state index in [1.807, 2.05) is 0 Å². The van der Waals surface area contributed by atoms with E-state index in [1.165, 1.54) is 5.57 Å². The molecule has 0 spiro atoms. The third-order valence-corrected chi connectivity index (χ3v) is 4.60. The predicted molar refractivity (Wildman–Crippen MR) is 87.5 cm³/mol. The first-order valence-corrected chi connectivity index (χ1v) is 7.61. The molecule has 118 valence electrons. The number of aryl methyl sites for hydroxylation is 2. The molecule has 0 aliphatic heterocycles. The predicted octanol–water partition coefficient (Wildman–Crippen LogP) is 3.62. The molecule has 2 N–H and O–H groups in total. The topological polar surface area (TPSA) is 74.6 Å². The van der Waals surface area contributed by atoms with E-state index in [1.54, 1.807) is 18.2 Å².